The molecule has 0 radical (unpaired) electrons. The van der Waals surface area contributed by atoms with Crippen LogP contribution in [0.1, 0.15) is 34.3 Å². The number of anilines is 1. The maximum atomic E-state index is 12.3. The van der Waals surface area contributed by atoms with Gasteiger partial charge in [-0.1, -0.05) is 12.1 Å². The number of hydrogen-bond donors (Lipinski definition) is 2. The van der Waals surface area contributed by atoms with Gasteiger partial charge >= 0.3 is 0 Å². The molecular formula is C20H24N2O3. The van der Waals surface area contributed by atoms with Gasteiger partial charge in [0, 0.05) is 30.6 Å². The average molecular weight is 340 g/mol. The lowest BCUT2D eigenvalue weighted by atomic mass is 10.1. The van der Waals surface area contributed by atoms with Gasteiger partial charge in [-0.2, -0.15) is 0 Å². The number of rotatable bonds is 5. The Morgan fingerprint density at radius 3 is 2.56 bits per heavy atom. The standard InChI is InChI=1S/C20H24N2O3/c1-14-12-17(6-7-19(14)25-18-8-10-24-11-9-18)22-20(23)16-4-2-15(13-21)3-5-16/h2-7,12,18H,8-11,13,21H2,1H3,(H,22,23). The zero-order chi connectivity index (χ0) is 17.6. The van der Waals surface area contributed by atoms with E-state index in [1.807, 2.05) is 37.3 Å². The molecule has 2 aromatic rings. The summed E-state index contributed by atoms with van der Waals surface area (Å²) in [5, 5.41) is 2.92. The fourth-order valence-electron chi connectivity index (χ4n) is 2.83. The van der Waals surface area contributed by atoms with E-state index in [-0.39, 0.29) is 12.0 Å². The molecule has 1 aliphatic heterocycles. The molecule has 1 aliphatic rings. The number of aryl methyl sites for hydroxylation is 1. The van der Waals surface area contributed by atoms with Gasteiger partial charge in [0.25, 0.3) is 5.91 Å². The van der Waals surface area contributed by atoms with Crippen LogP contribution in [0.3, 0.4) is 0 Å². The minimum atomic E-state index is -0.138. The van der Waals surface area contributed by atoms with E-state index in [4.69, 9.17) is 15.2 Å². The van der Waals surface area contributed by atoms with Crippen LogP contribution in [0.2, 0.25) is 0 Å². The maximum absolute atomic E-state index is 12.3. The van der Waals surface area contributed by atoms with Crippen molar-refractivity contribution < 1.29 is 14.3 Å². The van der Waals surface area contributed by atoms with E-state index in [0.717, 1.165) is 48.6 Å². The van der Waals surface area contributed by atoms with Crippen molar-refractivity contribution in [1.29, 1.82) is 0 Å². The molecule has 1 heterocycles. The van der Waals surface area contributed by atoms with E-state index in [2.05, 4.69) is 5.32 Å². The molecule has 3 rings (SSSR count). The van der Waals surface area contributed by atoms with E-state index in [1.165, 1.54) is 0 Å². The molecule has 5 heteroatoms. The molecule has 1 amide bonds. The summed E-state index contributed by atoms with van der Waals surface area (Å²) >= 11 is 0. The Hall–Kier alpha value is -2.37. The third kappa shape index (κ3) is 4.59. The topological polar surface area (TPSA) is 73.6 Å². The van der Waals surface area contributed by atoms with E-state index >= 15 is 0 Å². The SMILES string of the molecule is Cc1cc(NC(=O)c2ccc(CN)cc2)ccc1OC1CCOCC1. The Morgan fingerprint density at radius 2 is 1.92 bits per heavy atom. The fourth-order valence-corrected chi connectivity index (χ4v) is 2.83. The van der Waals surface area contributed by atoms with Crippen molar-refractivity contribution in [2.75, 3.05) is 18.5 Å². The lowest BCUT2D eigenvalue weighted by Gasteiger charge is -2.24. The summed E-state index contributed by atoms with van der Waals surface area (Å²) in [5.74, 6) is 0.721. The minimum Gasteiger partial charge on any atom is -0.490 e. The quantitative estimate of drug-likeness (QED) is 0.876. The molecule has 1 saturated heterocycles. The Kier molecular flexibility index (Phi) is 5.68. The summed E-state index contributed by atoms with van der Waals surface area (Å²) in [6.07, 6.45) is 2.03. The third-order valence-corrected chi connectivity index (χ3v) is 4.35. The van der Waals surface area contributed by atoms with Gasteiger partial charge in [0.15, 0.2) is 0 Å². The highest BCUT2D eigenvalue weighted by atomic mass is 16.5. The van der Waals surface area contributed by atoms with Gasteiger partial charge in [-0.15, -0.1) is 0 Å². The molecule has 132 valence electrons. The molecule has 25 heavy (non-hydrogen) atoms. The van der Waals surface area contributed by atoms with Crippen molar-refractivity contribution in [3.05, 3.63) is 59.2 Å². The molecule has 0 atom stereocenters. The summed E-state index contributed by atoms with van der Waals surface area (Å²) < 4.78 is 11.4. The van der Waals surface area contributed by atoms with Crippen molar-refractivity contribution in [3.63, 3.8) is 0 Å². The van der Waals surface area contributed by atoms with Crippen LogP contribution in [0, 0.1) is 6.92 Å². The van der Waals surface area contributed by atoms with Crippen LogP contribution < -0.4 is 15.8 Å². The smallest absolute Gasteiger partial charge is 0.255 e. The lowest BCUT2D eigenvalue weighted by Crippen LogP contribution is -2.26. The molecule has 0 bridgehead atoms. The number of benzene rings is 2. The van der Waals surface area contributed by atoms with Gasteiger partial charge in [0.2, 0.25) is 0 Å². The van der Waals surface area contributed by atoms with Gasteiger partial charge < -0.3 is 20.5 Å². The first kappa shape index (κ1) is 17.5. The summed E-state index contributed by atoms with van der Waals surface area (Å²) in [6.45, 7) is 3.96. The van der Waals surface area contributed by atoms with Crippen LogP contribution >= 0.6 is 0 Å². The first-order valence-corrected chi connectivity index (χ1v) is 8.61. The Morgan fingerprint density at radius 1 is 1.20 bits per heavy atom. The monoisotopic (exact) mass is 340 g/mol. The van der Waals surface area contributed by atoms with Gasteiger partial charge in [-0.05, 0) is 48.4 Å². The minimum absolute atomic E-state index is 0.138. The highest BCUT2D eigenvalue weighted by Gasteiger charge is 2.16. The first-order valence-electron chi connectivity index (χ1n) is 8.61. The van der Waals surface area contributed by atoms with Crippen LogP contribution in [-0.2, 0) is 11.3 Å². The first-order chi connectivity index (χ1) is 12.2. The number of amides is 1. The second-order valence-corrected chi connectivity index (χ2v) is 6.27. The number of nitrogens with two attached hydrogens (primary N) is 1. The average Bonchev–Trinajstić information content (AvgIpc) is 2.65. The number of carbonyl (C=O) groups excluding carboxylic acids is 1. The Balaban J connectivity index is 1.64. The van der Waals surface area contributed by atoms with Gasteiger partial charge in [0.05, 0.1) is 13.2 Å². The zero-order valence-corrected chi connectivity index (χ0v) is 14.5. The molecule has 0 unspecified atom stereocenters. The Labute approximate surface area is 148 Å². The molecule has 3 N–H and O–H groups in total. The van der Waals surface area contributed by atoms with Gasteiger partial charge in [0.1, 0.15) is 11.9 Å². The van der Waals surface area contributed by atoms with E-state index in [1.54, 1.807) is 12.1 Å². The third-order valence-electron chi connectivity index (χ3n) is 4.35. The number of carbonyl (C=O) groups is 1. The van der Waals surface area contributed by atoms with Crippen molar-refractivity contribution >= 4 is 11.6 Å². The molecule has 5 nitrogen and oxygen atoms in total. The Bertz CT molecular complexity index is 722. The largest absolute Gasteiger partial charge is 0.490 e. The van der Waals surface area contributed by atoms with E-state index < -0.39 is 0 Å². The number of hydrogen-bond acceptors (Lipinski definition) is 4. The van der Waals surface area contributed by atoms with Crippen LogP contribution in [0.25, 0.3) is 0 Å². The van der Waals surface area contributed by atoms with Gasteiger partial charge in [-0.25, -0.2) is 0 Å². The van der Waals surface area contributed by atoms with Crippen molar-refractivity contribution in [3.8, 4) is 5.75 Å². The van der Waals surface area contributed by atoms with Gasteiger partial charge in [-0.3, -0.25) is 4.79 Å². The highest BCUT2D eigenvalue weighted by molar-refractivity contribution is 6.04. The maximum Gasteiger partial charge on any atom is 0.255 e. The van der Waals surface area contributed by atoms with Crippen molar-refractivity contribution in [2.45, 2.75) is 32.4 Å². The summed E-state index contributed by atoms with van der Waals surface area (Å²) in [6, 6.07) is 13.0. The van der Waals surface area contributed by atoms with Crippen LogP contribution in [0.5, 0.6) is 5.75 Å². The fraction of sp³-hybridized carbons (Fsp3) is 0.350. The molecule has 0 spiro atoms. The second-order valence-electron chi connectivity index (χ2n) is 6.27. The predicted octanol–water partition coefficient (Wildman–Crippen LogP) is 3.26. The summed E-state index contributed by atoms with van der Waals surface area (Å²) in [7, 11) is 0. The van der Waals surface area contributed by atoms with E-state index in [9.17, 15) is 4.79 Å². The summed E-state index contributed by atoms with van der Waals surface area (Å²) in [5.41, 5.74) is 8.95. The molecular weight excluding hydrogens is 316 g/mol. The normalized spacial score (nSPS) is 15.0. The number of ether oxygens (including phenoxy) is 2. The van der Waals surface area contributed by atoms with Crippen molar-refractivity contribution in [2.24, 2.45) is 5.73 Å². The molecule has 0 saturated carbocycles. The molecule has 0 aliphatic carbocycles. The zero-order valence-electron chi connectivity index (χ0n) is 14.5. The molecule has 2 aromatic carbocycles. The second kappa shape index (κ2) is 8.14. The predicted molar refractivity (Wildman–Crippen MR) is 97.9 cm³/mol. The summed E-state index contributed by atoms with van der Waals surface area (Å²) in [4.78, 5) is 12.3. The molecule has 1 fully saturated rings. The van der Waals surface area contributed by atoms with Crippen LogP contribution in [0.15, 0.2) is 42.5 Å². The van der Waals surface area contributed by atoms with Crippen molar-refractivity contribution in [1.82, 2.24) is 0 Å². The van der Waals surface area contributed by atoms with E-state index in [0.29, 0.717) is 12.1 Å². The number of nitrogens with one attached hydrogen (secondary N) is 1. The van der Waals surface area contributed by atoms with Crippen LogP contribution in [-0.4, -0.2) is 25.2 Å². The molecule has 0 aromatic heterocycles. The highest BCUT2D eigenvalue weighted by Crippen LogP contribution is 2.25. The lowest BCUT2D eigenvalue weighted by molar-refractivity contribution is 0.0253. The van der Waals surface area contributed by atoms with Crippen LogP contribution in [0.4, 0.5) is 5.69 Å².